The first kappa shape index (κ1) is 18.3. The van der Waals surface area contributed by atoms with Crippen molar-refractivity contribution in [1.29, 1.82) is 0 Å². The summed E-state index contributed by atoms with van der Waals surface area (Å²) in [6, 6.07) is 17.2. The number of benzene rings is 2. The van der Waals surface area contributed by atoms with E-state index in [0.717, 1.165) is 16.8 Å². The Hall–Kier alpha value is -2.12. The molecule has 5 nitrogen and oxygen atoms in total. The molecule has 0 bridgehead atoms. The van der Waals surface area contributed by atoms with Crippen LogP contribution in [0.15, 0.2) is 59.6 Å². The van der Waals surface area contributed by atoms with Gasteiger partial charge in [-0.05, 0) is 24.6 Å². The molecule has 0 aromatic heterocycles. The summed E-state index contributed by atoms with van der Waals surface area (Å²) in [6.45, 7) is 2.01. The van der Waals surface area contributed by atoms with Gasteiger partial charge in [0.1, 0.15) is 0 Å². The number of aryl methyl sites for hydroxylation is 1. The maximum atomic E-state index is 12.5. The summed E-state index contributed by atoms with van der Waals surface area (Å²) < 4.78 is 24.1. The predicted octanol–water partition coefficient (Wildman–Crippen LogP) is 2.84. The van der Waals surface area contributed by atoms with Crippen molar-refractivity contribution in [2.24, 2.45) is 4.99 Å². The van der Waals surface area contributed by atoms with Crippen molar-refractivity contribution >= 4 is 38.4 Å². The quantitative estimate of drug-likeness (QED) is 0.793. The molecule has 2 saturated heterocycles. The summed E-state index contributed by atoms with van der Waals surface area (Å²) in [6.07, 6.45) is 0.237. The number of anilines is 1. The van der Waals surface area contributed by atoms with Gasteiger partial charge in [0.2, 0.25) is 0 Å². The number of hydrogen-bond donors (Lipinski definition) is 0. The summed E-state index contributed by atoms with van der Waals surface area (Å²) in [5.74, 6) is 0.0202. The molecule has 140 valence electrons. The van der Waals surface area contributed by atoms with Gasteiger partial charge in [0.25, 0.3) is 5.91 Å². The van der Waals surface area contributed by atoms with Crippen LogP contribution in [0.25, 0.3) is 0 Å². The zero-order valence-corrected chi connectivity index (χ0v) is 16.5. The Balaban J connectivity index is 1.61. The maximum absolute atomic E-state index is 12.5. The van der Waals surface area contributed by atoms with Crippen molar-refractivity contribution in [3.8, 4) is 0 Å². The molecule has 0 spiro atoms. The van der Waals surface area contributed by atoms with E-state index in [1.165, 1.54) is 11.8 Å². The minimum absolute atomic E-state index is 0.0823. The van der Waals surface area contributed by atoms with Gasteiger partial charge in [-0.1, -0.05) is 59.8 Å². The fourth-order valence-corrected chi connectivity index (χ4v) is 7.41. The van der Waals surface area contributed by atoms with E-state index in [-0.39, 0.29) is 35.1 Å². The number of hydrogen-bond acceptors (Lipinski definition) is 4. The van der Waals surface area contributed by atoms with Crippen LogP contribution >= 0.6 is 11.8 Å². The van der Waals surface area contributed by atoms with Crippen LogP contribution in [-0.2, 0) is 21.1 Å². The molecule has 2 heterocycles. The Morgan fingerprint density at radius 1 is 1.11 bits per heavy atom. The fourth-order valence-electron chi connectivity index (χ4n) is 3.48. The second-order valence-electron chi connectivity index (χ2n) is 6.96. The summed E-state index contributed by atoms with van der Waals surface area (Å²) in [5, 5.41) is 0.518. The number of sulfone groups is 1. The molecular formula is C20H20N2O3S2. The highest BCUT2D eigenvalue weighted by atomic mass is 32.2. The molecule has 0 unspecified atom stereocenters. The molecule has 2 fully saturated rings. The molecular weight excluding hydrogens is 380 g/mol. The fraction of sp³-hybridized carbons (Fsp3) is 0.300. The van der Waals surface area contributed by atoms with Crippen molar-refractivity contribution in [3.05, 3.63) is 65.7 Å². The van der Waals surface area contributed by atoms with Gasteiger partial charge < -0.3 is 4.90 Å². The standard InChI is InChI=1S/C20H20N2O3S2/c1-14-7-9-15(10-8-14)11-19(23)21-20-22(16-5-3-2-4-6-16)17-12-27(24,25)13-18(17)26-20/h2-10,17-18H,11-13H2,1H3/t17-,18+/m0/s1. The number of para-hydroxylation sites is 1. The van der Waals surface area contributed by atoms with Gasteiger partial charge >= 0.3 is 0 Å². The molecule has 0 saturated carbocycles. The highest BCUT2D eigenvalue weighted by molar-refractivity contribution is 8.16. The lowest BCUT2D eigenvalue weighted by Gasteiger charge is -2.24. The number of rotatable bonds is 3. The molecule has 2 aliphatic heterocycles. The zero-order chi connectivity index (χ0) is 19.0. The Kier molecular flexibility index (Phi) is 4.82. The highest BCUT2D eigenvalue weighted by Gasteiger charge is 2.49. The molecule has 2 aromatic carbocycles. The third-order valence-corrected chi connectivity index (χ3v) is 8.01. The number of aliphatic imine (C=N–C) groups is 1. The first-order valence-electron chi connectivity index (χ1n) is 8.80. The Morgan fingerprint density at radius 2 is 1.81 bits per heavy atom. The monoisotopic (exact) mass is 400 g/mol. The number of carbonyl (C=O) groups excluding carboxylic acids is 1. The average Bonchev–Trinajstić information content (AvgIpc) is 3.08. The van der Waals surface area contributed by atoms with Gasteiger partial charge in [-0.2, -0.15) is 4.99 Å². The minimum Gasteiger partial charge on any atom is -0.316 e. The van der Waals surface area contributed by atoms with Gasteiger partial charge in [0, 0.05) is 10.9 Å². The van der Waals surface area contributed by atoms with Crippen LogP contribution in [0.2, 0.25) is 0 Å². The molecule has 0 N–H and O–H groups in total. The van der Waals surface area contributed by atoms with E-state index in [4.69, 9.17) is 0 Å². The van der Waals surface area contributed by atoms with Crippen LogP contribution in [0.3, 0.4) is 0 Å². The first-order valence-corrected chi connectivity index (χ1v) is 11.5. The number of thioether (sulfide) groups is 1. The number of fused-ring (bicyclic) bond motifs is 1. The van der Waals surface area contributed by atoms with E-state index in [2.05, 4.69) is 4.99 Å². The highest BCUT2D eigenvalue weighted by Crippen LogP contribution is 2.40. The van der Waals surface area contributed by atoms with E-state index in [9.17, 15) is 13.2 Å². The van der Waals surface area contributed by atoms with Crippen LogP contribution in [-0.4, -0.2) is 42.3 Å². The third kappa shape index (κ3) is 3.94. The molecule has 0 radical (unpaired) electrons. The number of carbonyl (C=O) groups is 1. The van der Waals surface area contributed by atoms with E-state index in [1.807, 2.05) is 66.4 Å². The van der Waals surface area contributed by atoms with Gasteiger partial charge in [-0.25, -0.2) is 8.42 Å². The number of nitrogens with zero attached hydrogens (tertiary/aromatic N) is 2. The smallest absolute Gasteiger partial charge is 0.252 e. The van der Waals surface area contributed by atoms with Crippen LogP contribution < -0.4 is 4.90 Å². The summed E-state index contributed by atoms with van der Waals surface area (Å²) in [4.78, 5) is 18.8. The first-order chi connectivity index (χ1) is 12.9. The molecule has 7 heteroatoms. The van der Waals surface area contributed by atoms with Crippen molar-refractivity contribution in [2.75, 3.05) is 16.4 Å². The SMILES string of the molecule is Cc1ccc(CC(=O)N=C2S[C@@H]3CS(=O)(=O)C[C@@H]3N2c2ccccc2)cc1. The van der Waals surface area contributed by atoms with Crippen LogP contribution in [0.1, 0.15) is 11.1 Å². The summed E-state index contributed by atoms with van der Waals surface area (Å²) in [7, 11) is -3.05. The lowest BCUT2D eigenvalue weighted by molar-refractivity contribution is -0.117. The number of amides is 1. The Morgan fingerprint density at radius 3 is 2.52 bits per heavy atom. The zero-order valence-electron chi connectivity index (χ0n) is 14.9. The predicted molar refractivity (Wildman–Crippen MR) is 110 cm³/mol. The summed E-state index contributed by atoms with van der Waals surface area (Å²) >= 11 is 1.40. The van der Waals surface area contributed by atoms with E-state index in [0.29, 0.717) is 5.17 Å². The van der Waals surface area contributed by atoms with Crippen molar-refractivity contribution in [1.82, 2.24) is 0 Å². The van der Waals surface area contributed by atoms with Crippen molar-refractivity contribution < 1.29 is 13.2 Å². The molecule has 2 aliphatic rings. The minimum atomic E-state index is -3.05. The molecule has 2 atom stereocenters. The van der Waals surface area contributed by atoms with Crippen LogP contribution in [0, 0.1) is 6.92 Å². The van der Waals surface area contributed by atoms with Crippen LogP contribution in [0.4, 0.5) is 5.69 Å². The molecule has 4 rings (SSSR count). The lowest BCUT2D eigenvalue weighted by Crippen LogP contribution is -2.37. The molecule has 27 heavy (non-hydrogen) atoms. The summed E-state index contributed by atoms with van der Waals surface area (Å²) in [5.41, 5.74) is 2.94. The van der Waals surface area contributed by atoms with Gasteiger partial charge in [-0.3, -0.25) is 4.79 Å². The maximum Gasteiger partial charge on any atom is 0.252 e. The average molecular weight is 401 g/mol. The number of amidine groups is 1. The second kappa shape index (κ2) is 7.13. The molecule has 1 amide bonds. The largest absolute Gasteiger partial charge is 0.316 e. The Labute approximate surface area is 163 Å². The molecule has 0 aliphatic carbocycles. The van der Waals surface area contributed by atoms with Gasteiger partial charge in [0.05, 0.1) is 24.0 Å². The van der Waals surface area contributed by atoms with Gasteiger partial charge in [-0.15, -0.1) is 0 Å². The van der Waals surface area contributed by atoms with Crippen molar-refractivity contribution in [2.45, 2.75) is 24.6 Å². The van der Waals surface area contributed by atoms with Crippen LogP contribution in [0.5, 0.6) is 0 Å². The van der Waals surface area contributed by atoms with E-state index in [1.54, 1.807) is 0 Å². The topological polar surface area (TPSA) is 66.8 Å². The lowest BCUT2D eigenvalue weighted by atomic mass is 10.1. The normalized spacial score (nSPS) is 24.9. The Bertz CT molecular complexity index is 986. The van der Waals surface area contributed by atoms with Crippen molar-refractivity contribution in [3.63, 3.8) is 0 Å². The second-order valence-corrected chi connectivity index (χ2v) is 10.3. The third-order valence-electron chi connectivity index (χ3n) is 4.80. The van der Waals surface area contributed by atoms with E-state index >= 15 is 0 Å². The molecule has 2 aromatic rings. The van der Waals surface area contributed by atoms with Gasteiger partial charge in [0.15, 0.2) is 15.0 Å². The van der Waals surface area contributed by atoms with E-state index < -0.39 is 9.84 Å².